The minimum Gasteiger partial charge on any atom is -0.302 e. The molecule has 9 heteroatoms. The molecule has 0 N–H and O–H groups in total. The summed E-state index contributed by atoms with van der Waals surface area (Å²) in [4.78, 5) is 23.2. The van der Waals surface area contributed by atoms with Gasteiger partial charge in [-0.05, 0) is 76.0 Å². The van der Waals surface area contributed by atoms with Gasteiger partial charge < -0.3 is 4.90 Å². The fourth-order valence-corrected chi connectivity index (χ4v) is 7.50. The summed E-state index contributed by atoms with van der Waals surface area (Å²) in [5, 5.41) is 0.732. The van der Waals surface area contributed by atoms with Crippen LogP contribution in [0.3, 0.4) is 0 Å². The summed E-state index contributed by atoms with van der Waals surface area (Å²) in [5.41, 5.74) is 4.28. The molecule has 37 heavy (non-hydrogen) atoms. The highest BCUT2D eigenvalue weighted by molar-refractivity contribution is 7.89. The van der Waals surface area contributed by atoms with Crippen molar-refractivity contribution in [2.24, 2.45) is 5.92 Å². The third-order valence-corrected chi connectivity index (χ3v) is 10.4. The summed E-state index contributed by atoms with van der Waals surface area (Å²) in [6, 6.07) is 11.2. The highest BCUT2D eigenvalue weighted by Gasteiger charge is 2.35. The molecule has 1 fully saturated rings. The summed E-state index contributed by atoms with van der Waals surface area (Å²) >= 11 is 1.57. The Balaban J connectivity index is 1.54. The molecule has 0 unspecified atom stereocenters. The van der Waals surface area contributed by atoms with Crippen LogP contribution < -0.4 is 4.90 Å². The second-order valence-corrected chi connectivity index (χ2v) is 12.9. The van der Waals surface area contributed by atoms with Crippen LogP contribution in [0, 0.1) is 26.7 Å². The maximum atomic E-state index is 13.9. The fraction of sp³-hybridized carbons (Fsp3) is 0.500. The lowest BCUT2D eigenvalue weighted by Gasteiger charge is -2.33. The van der Waals surface area contributed by atoms with E-state index in [0.717, 1.165) is 46.1 Å². The molecule has 2 heterocycles. The van der Waals surface area contributed by atoms with Crippen molar-refractivity contribution in [2.45, 2.75) is 52.4 Å². The quantitative estimate of drug-likeness (QED) is 0.381. The summed E-state index contributed by atoms with van der Waals surface area (Å²) < 4.78 is 28.9. The van der Waals surface area contributed by atoms with Crippen LogP contribution in [0.5, 0.6) is 0 Å². The zero-order valence-corrected chi connectivity index (χ0v) is 24.2. The third-order valence-electron chi connectivity index (χ3n) is 7.30. The van der Waals surface area contributed by atoms with E-state index < -0.39 is 10.0 Å². The Morgan fingerprint density at radius 1 is 1.00 bits per heavy atom. The van der Waals surface area contributed by atoms with Crippen LogP contribution in [-0.4, -0.2) is 67.8 Å². The van der Waals surface area contributed by atoms with Gasteiger partial charge in [0, 0.05) is 32.1 Å². The third kappa shape index (κ3) is 6.06. The molecular weight excluding hydrogens is 504 g/mol. The van der Waals surface area contributed by atoms with Crippen molar-refractivity contribution in [2.75, 3.05) is 44.2 Å². The number of fused-ring (bicyclic) bond motifs is 1. The molecule has 0 radical (unpaired) electrons. The summed E-state index contributed by atoms with van der Waals surface area (Å²) in [6.07, 6.45) is 1.02. The Labute approximate surface area is 225 Å². The number of hydrogen-bond donors (Lipinski definition) is 0. The molecule has 0 atom stereocenters. The summed E-state index contributed by atoms with van der Waals surface area (Å²) in [5.74, 6) is -0.177. The number of benzene rings is 2. The van der Waals surface area contributed by atoms with E-state index in [1.807, 2.05) is 24.0 Å². The Hall–Kier alpha value is -2.33. The van der Waals surface area contributed by atoms with Crippen molar-refractivity contribution in [3.63, 3.8) is 0 Å². The lowest BCUT2D eigenvalue weighted by atomic mass is 9.96. The molecular formula is C28H38N4O3S2. The monoisotopic (exact) mass is 542 g/mol. The van der Waals surface area contributed by atoms with Crippen LogP contribution in [-0.2, 0) is 14.8 Å². The number of carbonyl (C=O) groups excluding carboxylic acids is 1. The van der Waals surface area contributed by atoms with Gasteiger partial charge in [0.2, 0.25) is 15.9 Å². The molecule has 1 amide bonds. The van der Waals surface area contributed by atoms with Crippen molar-refractivity contribution < 1.29 is 13.2 Å². The molecule has 3 aromatic rings. The summed E-state index contributed by atoms with van der Waals surface area (Å²) in [7, 11) is -3.56. The first-order valence-electron chi connectivity index (χ1n) is 13.1. The van der Waals surface area contributed by atoms with Crippen LogP contribution in [0.4, 0.5) is 5.13 Å². The number of nitrogens with zero attached hydrogens (tertiary/aromatic N) is 4. The van der Waals surface area contributed by atoms with E-state index in [1.165, 1.54) is 9.87 Å². The van der Waals surface area contributed by atoms with Gasteiger partial charge in [0.1, 0.15) is 0 Å². The molecule has 1 aliphatic rings. The van der Waals surface area contributed by atoms with Gasteiger partial charge in [0.05, 0.1) is 15.1 Å². The first-order valence-corrected chi connectivity index (χ1v) is 15.4. The zero-order valence-electron chi connectivity index (χ0n) is 22.5. The van der Waals surface area contributed by atoms with Gasteiger partial charge >= 0.3 is 0 Å². The minimum atomic E-state index is -3.56. The average Bonchev–Trinajstić information content (AvgIpc) is 3.31. The van der Waals surface area contributed by atoms with Crippen LogP contribution in [0.25, 0.3) is 10.2 Å². The molecule has 200 valence electrons. The van der Waals surface area contributed by atoms with Crippen molar-refractivity contribution in [3.8, 4) is 0 Å². The highest BCUT2D eigenvalue weighted by Crippen LogP contribution is 2.34. The van der Waals surface area contributed by atoms with Crippen LogP contribution in [0.15, 0.2) is 41.3 Å². The number of thiazole rings is 1. The van der Waals surface area contributed by atoms with Crippen molar-refractivity contribution >= 4 is 42.6 Å². The van der Waals surface area contributed by atoms with Gasteiger partial charge in [-0.2, -0.15) is 4.31 Å². The average molecular weight is 543 g/mol. The number of amides is 1. The molecule has 0 aliphatic carbocycles. The summed E-state index contributed by atoms with van der Waals surface area (Å²) in [6.45, 7) is 14.2. The van der Waals surface area contributed by atoms with Gasteiger partial charge in [-0.25, -0.2) is 13.4 Å². The van der Waals surface area contributed by atoms with Crippen LogP contribution in [0.1, 0.15) is 43.4 Å². The Morgan fingerprint density at radius 2 is 1.65 bits per heavy atom. The Bertz CT molecular complexity index is 1340. The van der Waals surface area contributed by atoms with Gasteiger partial charge in [-0.15, -0.1) is 0 Å². The Morgan fingerprint density at radius 3 is 2.27 bits per heavy atom. The second kappa shape index (κ2) is 11.6. The van der Waals surface area contributed by atoms with Gasteiger partial charge in [-0.1, -0.05) is 48.9 Å². The van der Waals surface area contributed by atoms with E-state index >= 15 is 0 Å². The molecule has 1 aromatic heterocycles. The van der Waals surface area contributed by atoms with E-state index in [9.17, 15) is 13.2 Å². The minimum absolute atomic E-state index is 0.0490. The maximum Gasteiger partial charge on any atom is 0.243 e. The molecule has 1 aliphatic heterocycles. The van der Waals surface area contributed by atoms with Crippen LogP contribution in [0.2, 0.25) is 0 Å². The van der Waals surface area contributed by atoms with E-state index in [-0.39, 0.29) is 11.8 Å². The largest absolute Gasteiger partial charge is 0.302 e. The number of rotatable bonds is 9. The van der Waals surface area contributed by atoms with Crippen molar-refractivity contribution in [1.82, 2.24) is 14.2 Å². The number of piperidine rings is 1. The van der Waals surface area contributed by atoms with Gasteiger partial charge in [0.15, 0.2) is 5.13 Å². The number of aromatic nitrogens is 1. The first kappa shape index (κ1) is 27.7. The number of likely N-dealkylation sites (N-methyl/N-ethyl adjacent to an activating group) is 1. The predicted octanol–water partition coefficient (Wildman–Crippen LogP) is 5.00. The van der Waals surface area contributed by atoms with E-state index in [2.05, 4.69) is 44.7 Å². The SMILES string of the molecule is CCN(CC)CCN(C(=O)C1CCN(S(=O)(=O)c2ccc(C)cc2)CC1)c1nc2cc(C)cc(C)c2s1. The normalized spacial score (nSPS) is 15.5. The Kier molecular flexibility index (Phi) is 8.68. The first-order chi connectivity index (χ1) is 17.6. The van der Waals surface area contributed by atoms with Crippen molar-refractivity contribution in [3.05, 3.63) is 53.1 Å². The topological polar surface area (TPSA) is 73.8 Å². The number of sulfonamides is 1. The molecule has 4 rings (SSSR count). The molecule has 7 nitrogen and oxygen atoms in total. The van der Waals surface area contributed by atoms with E-state index in [1.54, 1.807) is 23.5 Å². The fourth-order valence-electron chi connectivity index (χ4n) is 4.98. The maximum absolute atomic E-state index is 13.9. The van der Waals surface area contributed by atoms with Crippen molar-refractivity contribution in [1.29, 1.82) is 0 Å². The highest BCUT2D eigenvalue weighted by atomic mass is 32.2. The number of hydrogen-bond acceptors (Lipinski definition) is 6. The zero-order chi connectivity index (χ0) is 26.7. The number of aryl methyl sites for hydroxylation is 3. The van der Waals surface area contributed by atoms with Gasteiger partial charge in [-0.3, -0.25) is 9.69 Å². The smallest absolute Gasteiger partial charge is 0.243 e. The second-order valence-electron chi connectivity index (χ2n) is 9.93. The number of anilines is 1. The molecule has 0 spiro atoms. The standard InChI is InChI=1S/C28H38N4O3S2/c1-6-30(7-2)16-17-32(28-29-25-19-21(4)18-22(5)26(25)36-28)27(33)23-12-14-31(15-13-23)37(34,35)24-10-8-20(3)9-11-24/h8-11,18-19,23H,6-7,12-17H2,1-5H3. The van der Waals surface area contributed by atoms with E-state index in [0.29, 0.717) is 37.4 Å². The van der Waals surface area contributed by atoms with Crippen LogP contribution >= 0.6 is 11.3 Å². The van der Waals surface area contributed by atoms with Gasteiger partial charge in [0.25, 0.3) is 0 Å². The molecule has 2 aromatic carbocycles. The molecule has 1 saturated heterocycles. The molecule has 0 saturated carbocycles. The predicted molar refractivity (Wildman–Crippen MR) is 152 cm³/mol. The number of carbonyl (C=O) groups is 1. The van der Waals surface area contributed by atoms with E-state index in [4.69, 9.17) is 4.98 Å². The lowest BCUT2D eigenvalue weighted by Crippen LogP contribution is -2.46. The lowest BCUT2D eigenvalue weighted by molar-refractivity contribution is -0.123. The molecule has 0 bridgehead atoms.